The number of ether oxygens (including phenoxy) is 2. The molecule has 174 valence electrons. The van der Waals surface area contributed by atoms with Crippen molar-refractivity contribution in [3.63, 3.8) is 0 Å². The van der Waals surface area contributed by atoms with Crippen LogP contribution in [0.2, 0.25) is 0 Å². The number of urea groups is 1. The van der Waals surface area contributed by atoms with E-state index in [0.29, 0.717) is 37.6 Å². The molecule has 2 heterocycles. The lowest BCUT2D eigenvalue weighted by molar-refractivity contribution is -0.135. The average molecular weight is 444 g/mol. The van der Waals surface area contributed by atoms with E-state index in [1.807, 2.05) is 32.0 Å². The Hall–Kier alpha value is -2.77. The van der Waals surface area contributed by atoms with Gasteiger partial charge in [-0.3, -0.25) is 14.5 Å². The van der Waals surface area contributed by atoms with E-state index in [-0.39, 0.29) is 30.3 Å². The summed E-state index contributed by atoms with van der Waals surface area (Å²) in [5, 5.41) is 5.91. The van der Waals surface area contributed by atoms with E-state index in [1.54, 1.807) is 0 Å². The van der Waals surface area contributed by atoms with Gasteiger partial charge in [0.05, 0.1) is 19.3 Å². The molecule has 1 aromatic rings. The monoisotopic (exact) mass is 443 g/mol. The molecule has 2 N–H and O–H groups in total. The second-order valence-electron chi connectivity index (χ2n) is 9.36. The molecule has 1 unspecified atom stereocenters. The summed E-state index contributed by atoms with van der Waals surface area (Å²) in [4.78, 5) is 39.7. The van der Waals surface area contributed by atoms with Crippen LogP contribution in [0, 0.1) is 5.92 Å². The Labute approximate surface area is 189 Å². The van der Waals surface area contributed by atoms with Gasteiger partial charge in [-0.15, -0.1) is 0 Å². The number of amides is 4. The number of carbonyl (C=O) groups excluding carboxylic acids is 3. The highest BCUT2D eigenvalue weighted by molar-refractivity contribution is 6.09. The summed E-state index contributed by atoms with van der Waals surface area (Å²) in [6.07, 6.45) is 6.05. The van der Waals surface area contributed by atoms with Gasteiger partial charge in [-0.05, 0) is 36.5 Å². The third-order valence-electron chi connectivity index (χ3n) is 6.62. The van der Waals surface area contributed by atoms with Crippen molar-refractivity contribution in [3.8, 4) is 11.5 Å². The number of carbonyl (C=O) groups is 3. The first-order valence-corrected chi connectivity index (χ1v) is 11.7. The van der Waals surface area contributed by atoms with Crippen LogP contribution in [0.1, 0.15) is 70.4 Å². The van der Waals surface area contributed by atoms with Gasteiger partial charge in [0.2, 0.25) is 5.91 Å². The van der Waals surface area contributed by atoms with Gasteiger partial charge in [0.15, 0.2) is 11.5 Å². The second kappa shape index (κ2) is 9.38. The van der Waals surface area contributed by atoms with Crippen LogP contribution in [0.5, 0.6) is 11.5 Å². The number of imide groups is 1. The fraction of sp³-hybridized carbons (Fsp3) is 0.625. The molecule has 1 saturated carbocycles. The maximum atomic E-state index is 13.1. The molecule has 0 bridgehead atoms. The Morgan fingerprint density at radius 2 is 1.75 bits per heavy atom. The molecule has 0 aromatic heterocycles. The van der Waals surface area contributed by atoms with Crippen LogP contribution in [-0.2, 0) is 9.59 Å². The number of hydrogen-bond acceptors (Lipinski definition) is 5. The van der Waals surface area contributed by atoms with Crippen LogP contribution in [0.25, 0.3) is 0 Å². The number of rotatable bonds is 5. The van der Waals surface area contributed by atoms with Crippen LogP contribution in [0.15, 0.2) is 18.2 Å². The van der Waals surface area contributed by atoms with Crippen molar-refractivity contribution in [2.45, 2.75) is 70.4 Å². The number of benzene rings is 1. The smallest absolute Gasteiger partial charge is 0.325 e. The summed E-state index contributed by atoms with van der Waals surface area (Å²) in [7, 11) is 0. The van der Waals surface area contributed by atoms with Gasteiger partial charge in [-0.2, -0.15) is 0 Å². The molecule has 2 fully saturated rings. The fourth-order valence-corrected chi connectivity index (χ4v) is 4.86. The Bertz CT molecular complexity index is 876. The van der Waals surface area contributed by atoms with E-state index in [0.717, 1.165) is 42.6 Å². The van der Waals surface area contributed by atoms with Crippen LogP contribution in [-0.4, -0.2) is 48.0 Å². The summed E-state index contributed by atoms with van der Waals surface area (Å²) < 4.78 is 11.5. The Morgan fingerprint density at radius 1 is 1.06 bits per heavy atom. The first-order chi connectivity index (χ1) is 15.4. The molecule has 1 spiro atoms. The van der Waals surface area contributed by atoms with Crippen LogP contribution in [0.3, 0.4) is 0 Å². The minimum atomic E-state index is -0.834. The zero-order valence-corrected chi connectivity index (χ0v) is 18.9. The van der Waals surface area contributed by atoms with E-state index in [2.05, 4.69) is 10.6 Å². The van der Waals surface area contributed by atoms with Crippen molar-refractivity contribution in [2.75, 3.05) is 19.8 Å². The predicted octanol–water partition coefficient (Wildman–Crippen LogP) is 3.31. The van der Waals surface area contributed by atoms with E-state index < -0.39 is 11.6 Å². The molecule has 0 radical (unpaired) electrons. The van der Waals surface area contributed by atoms with Crippen molar-refractivity contribution in [1.82, 2.24) is 15.5 Å². The molecule has 3 aliphatic rings. The van der Waals surface area contributed by atoms with Gasteiger partial charge in [-0.25, -0.2) is 4.79 Å². The van der Waals surface area contributed by atoms with Crippen molar-refractivity contribution < 1.29 is 23.9 Å². The van der Waals surface area contributed by atoms with Gasteiger partial charge in [0.1, 0.15) is 12.1 Å². The van der Waals surface area contributed by atoms with Gasteiger partial charge < -0.3 is 20.1 Å². The molecule has 8 heteroatoms. The lowest BCUT2D eigenvalue weighted by Gasteiger charge is -2.26. The summed E-state index contributed by atoms with van der Waals surface area (Å²) in [6.45, 7) is 4.96. The van der Waals surface area contributed by atoms with Crippen molar-refractivity contribution in [3.05, 3.63) is 23.8 Å². The second-order valence-corrected chi connectivity index (χ2v) is 9.36. The lowest BCUT2D eigenvalue weighted by Crippen LogP contribution is -2.47. The first kappa shape index (κ1) is 22.4. The zero-order chi connectivity index (χ0) is 22.7. The van der Waals surface area contributed by atoms with Crippen LogP contribution >= 0.6 is 0 Å². The molecule has 4 rings (SSSR count). The lowest BCUT2D eigenvalue weighted by atomic mass is 9.90. The van der Waals surface area contributed by atoms with E-state index in [9.17, 15) is 14.4 Å². The molecular formula is C24H33N3O5. The Morgan fingerprint density at radius 3 is 2.44 bits per heavy atom. The molecule has 1 atom stereocenters. The zero-order valence-electron chi connectivity index (χ0n) is 18.9. The average Bonchev–Trinajstić information content (AvgIpc) is 3.04. The summed E-state index contributed by atoms with van der Waals surface area (Å²) in [5.74, 6) is 0.846. The highest BCUT2D eigenvalue weighted by atomic mass is 16.5. The number of nitrogens with one attached hydrogen (secondary N) is 2. The number of fused-ring (bicyclic) bond motifs is 1. The maximum absolute atomic E-state index is 13.1. The molecule has 1 saturated heterocycles. The molecule has 1 aromatic carbocycles. The first-order valence-electron chi connectivity index (χ1n) is 11.7. The minimum absolute atomic E-state index is 0.0972. The third-order valence-corrected chi connectivity index (χ3v) is 6.62. The SMILES string of the molecule is CC(C)C(NC(=O)CN1C(=O)NC2(CCCCCC2)C1=O)c1ccc2c(c1)OCCCO2. The molecule has 4 amide bonds. The number of nitrogens with zero attached hydrogens (tertiary/aromatic N) is 1. The highest BCUT2D eigenvalue weighted by Gasteiger charge is 2.51. The fourth-order valence-electron chi connectivity index (χ4n) is 4.86. The molecule has 2 aliphatic heterocycles. The predicted molar refractivity (Wildman–Crippen MR) is 118 cm³/mol. The summed E-state index contributed by atoms with van der Waals surface area (Å²) in [5.41, 5.74) is 0.0645. The summed E-state index contributed by atoms with van der Waals surface area (Å²) >= 11 is 0. The van der Waals surface area contributed by atoms with Crippen molar-refractivity contribution in [2.24, 2.45) is 5.92 Å². The molecule has 32 heavy (non-hydrogen) atoms. The van der Waals surface area contributed by atoms with Gasteiger partial charge >= 0.3 is 6.03 Å². The maximum Gasteiger partial charge on any atom is 0.325 e. The van der Waals surface area contributed by atoms with E-state index >= 15 is 0 Å². The molecular weight excluding hydrogens is 410 g/mol. The van der Waals surface area contributed by atoms with Crippen LogP contribution < -0.4 is 20.1 Å². The standard InChI is InChI=1S/C24H33N3O5/c1-16(2)21(17-8-9-18-19(14-17)32-13-7-12-31-18)25-20(28)15-27-22(29)24(26-23(27)30)10-5-3-4-6-11-24/h8-9,14,16,21H,3-7,10-13,15H2,1-2H3,(H,25,28)(H,26,30). The van der Waals surface area contributed by atoms with Gasteiger partial charge in [0, 0.05) is 6.42 Å². The topological polar surface area (TPSA) is 97.0 Å². The summed E-state index contributed by atoms with van der Waals surface area (Å²) in [6, 6.07) is 4.94. The third kappa shape index (κ3) is 4.54. The normalized spacial score (nSPS) is 21.2. The van der Waals surface area contributed by atoms with E-state index in [4.69, 9.17) is 9.47 Å². The van der Waals surface area contributed by atoms with Crippen molar-refractivity contribution >= 4 is 17.8 Å². The quantitative estimate of drug-likeness (QED) is 0.681. The number of hydrogen-bond donors (Lipinski definition) is 2. The molecule has 1 aliphatic carbocycles. The van der Waals surface area contributed by atoms with E-state index in [1.165, 1.54) is 0 Å². The minimum Gasteiger partial charge on any atom is -0.490 e. The van der Waals surface area contributed by atoms with Crippen LogP contribution in [0.4, 0.5) is 4.79 Å². The Balaban J connectivity index is 1.45. The largest absolute Gasteiger partial charge is 0.490 e. The van der Waals surface area contributed by atoms with Gasteiger partial charge in [-0.1, -0.05) is 45.6 Å². The van der Waals surface area contributed by atoms with Gasteiger partial charge in [0.25, 0.3) is 5.91 Å². The molecule has 8 nitrogen and oxygen atoms in total. The Kier molecular flexibility index (Phi) is 6.58. The van der Waals surface area contributed by atoms with Crippen molar-refractivity contribution in [1.29, 1.82) is 0 Å². The highest BCUT2D eigenvalue weighted by Crippen LogP contribution is 2.35.